The van der Waals surface area contributed by atoms with Gasteiger partial charge in [-0.05, 0) is 56.7 Å². The molecule has 24 heavy (non-hydrogen) atoms. The van der Waals surface area contributed by atoms with Crippen LogP contribution >= 0.6 is 0 Å². The number of halogens is 1. The smallest absolute Gasteiger partial charge is 0.410 e. The van der Waals surface area contributed by atoms with Gasteiger partial charge in [0.25, 0.3) is 0 Å². The van der Waals surface area contributed by atoms with Crippen molar-refractivity contribution in [3.05, 3.63) is 35.1 Å². The minimum Gasteiger partial charge on any atom is -0.443 e. The molecule has 4 nitrogen and oxygen atoms in total. The molecule has 1 aliphatic rings. The SMILES string of the molecule is CCCC(C)(C)OC(=O)N1CCC(c2ccc(C#N)cc2F)CC1. The number of amides is 1. The van der Waals surface area contributed by atoms with Gasteiger partial charge in [0.1, 0.15) is 11.4 Å². The van der Waals surface area contributed by atoms with E-state index < -0.39 is 5.60 Å². The Balaban J connectivity index is 1.94. The molecule has 130 valence electrons. The molecule has 0 N–H and O–H groups in total. The van der Waals surface area contributed by atoms with Gasteiger partial charge in [0.15, 0.2) is 0 Å². The summed E-state index contributed by atoms with van der Waals surface area (Å²) in [7, 11) is 0. The van der Waals surface area contributed by atoms with Crippen molar-refractivity contribution in [1.29, 1.82) is 5.26 Å². The second kappa shape index (κ2) is 7.65. The number of nitrogens with zero attached hydrogens (tertiary/aromatic N) is 2. The summed E-state index contributed by atoms with van der Waals surface area (Å²) in [6.07, 6.45) is 2.90. The Bertz CT molecular complexity index is 629. The summed E-state index contributed by atoms with van der Waals surface area (Å²) in [6, 6.07) is 6.56. The molecule has 0 aromatic heterocycles. The molecule has 1 amide bonds. The highest BCUT2D eigenvalue weighted by Gasteiger charge is 2.29. The summed E-state index contributed by atoms with van der Waals surface area (Å²) in [4.78, 5) is 14.0. The first-order valence-corrected chi connectivity index (χ1v) is 8.53. The maximum absolute atomic E-state index is 14.1. The quantitative estimate of drug-likeness (QED) is 0.810. The molecule has 1 aliphatic heterocycles. The highest BCUT2D eigenvalue weighted by atomic mass is 19.1. The lowest BCUT2D eigenvalue weighted by Gasteiger charge is -2.34. The van der Waals surface area contributed by atoms with E-state index in [2.05, 4.69) is 6.92 Å². The van der Waals surface area contributed by atoms with E-state index in [1.54, 1.807) is 17.0 Å². The molecule has 0 atom stereocenters. The van der Waals surface area contributed by atoms with Gasteiger partial charge in [0.2, 0.25) is 0 Å². The van der Waals surface area contributed by atoms with Gasteiger partial charge < -0.3 is 9.64 Å². The minimum absolute atomic E-state index is 0.0745. The van der Waals surface area contributed by atoms with E-state index in [0.29, 0.717) is 37.1 Å². The third kappa shape index (κ3) is 4.47. The molecule has 1 fully saturated rings. The summed E-state index contributed by atoms with van der Waals surface area (Å²) in [5, 5.41) is 8.82. The van der Waals surface area contributed by atoms with Gasteiger partial charge in [-0.2, -0.15) is 5.26 Å². The van der Waals surface area contributed by atoms with E-state index in [4.69, 9.17) is 10.00 Å². The fourth-order valence-corrected chi connectivity index (χ4v) is 3.25. The van der Waals surface area contributed by atoms with Crippen molar-refractivity contribution in [3.8, 4) is 6.07 Å². The number of piperidine rings is 1. The van der Waals surface area contributed by atoms with Gasteiger partial charge in [0, 0.05) is 13.1 Å². The molecule has 0 spiro atoms. The number of ether oxygens (including phenoxy) is 1. The normalized spacial score (nSPS) is 15.9. The van der Waals surface area contributed by atoms with Gasteiger partial charge in [-0.3, -0.25) is 0 Å². The molecule has 0 unspecified atom stereocenters. The van der Waals surface area contributed by atoms with Crippen LogP contribution in [0.1, 0.15) is 63.5 Å². The Morgan fingerprint density at radius 2 is 2.08 bits per heavy atom. The van der Waals surface area contributed by atoms with E-state index in [9.17, 15) is 9.18 Å². The average molecular weight is 332 g/mol. The van der Waals surface area contributed by atoms with Gasteiger partial charge in [0.05, 0.1) is 11.6 Å². The molecular formula is C19H25FN2O2. The van der Waals surface area contributed by atoms with Crippen LogP contribution < -0.4 is 0 Å². The maximum Gasteiger partial charge on any atom is 0.410 e. The summed E-state index contributed by atoms with van der Waals surface area (Å²) in [6.45, 7) is 7.03. The zero-order chi connectivity index (χ0) is 17.7. The second-order valence-corrected chi connectivity index (χ2v) is 6.99. The molecular weight excluding hydrogens is 307 g/mol. The van der Waals surface area contributed by atoms with E-state index >= 15 is 0 Å². The summed E-state index contributed by atoms with van der Waals surface area (Å²) < 4.78 is 19.7. The van der Waals surface area contributed by atoms with Gasteiger partial charge >= 0.3 is 6.09 Å². The first-order chi connectivity index (χ1) is 11.4. The standard InChI is InChI=1S/C19H25FN2O2/c1-4-9-19(2,3)24-18(23)22-10-7-15(8-11-22)16-6-5-14(13-21)12-17(16)20/h5-6,12,15H,4,7-11H2,1-3H3. The van der Waals surface area contributed by atoms with E-state index in [0.717, 1.165) is 12.8 Å². The molecule has 1 aromatic carbocycles. The lowest BCUT2D eigenvalue weighted by atomic mass is 9.88. The number of nitriles is 1. The van der Waals surface area contributed by atoms with Crippen molar-refractivity contribution in [2.45, 2.75) is 58.0 Å². The van der Waals surface area contributed by atoms with Crippen molar-refractivity contribution >= 4 is 6.09 Å². The minimum atomic E-state index is -0.456. The Labute approximate surface area is 143 Å². The van der Waals surface area contributed by atoms with E-state index in [1.807, 2.05) is 19.9 Å². The number of benzene rings is 1. The summed E-state index contributed by atoms with van der Waals surface area (Å²) in [5.41, 5.74) is 0.505. The number of carbonyl (C=O) groups is 1. The van der Waals surface area contributed by atoms with Crippen LogP contribution in [0.2, 0.25) is 0 Å². The third-order valence-electron chi connectivity index (χ3n) is 4.54. The van der Waals surface area contributed by atoms with E-state index in [1.165, 1.54) is 6.07 Å². The van der Waals surface area contributed by atoms with Crippen molar-refractivity contribution in [1.82, 2.24) is 4.90 Å². The number of hydrogen-bond donors (Lipinski definition) is 0. The van der Waals surface area contributed by atoms with Crippen LogP contribution in [0, 0.1) is 17.1 Å². The predicted octanol–water partition coefficient (Wildman–Crippen LogP) is 4.59. The first-order valence-electron chi connectivity index (χ1n) is 8.53. The van der Waals surface area contributed by atoms with Crippen LogP contribution in [-0.2, 0) is 4.74 Å². The van der Waals surface area contributed by atoms with Crippen molar-refractivity contribution in [3.63, 3.8) is 0 Å². The van der Waals surface area contributed by atoms with Crippen LogP contribution in [0.3, 0.4) is 0 Å². The molecule has 0 saturated carbocycles. The lowest BCUT2D eigenvalue weighted by Crippen LogP contribution is -2.42. The molecule has 5 heteroatoms. The van der Waals surface area contributed by atoms with Crippen LogP contribution in [0.4, 0.5) is 9.18 Å². The molecule has 0 radical (unpaired) electrons. The average Bonchev–Trinajstić information content (AvgIpc) is 2.54. The largest absolute Gasteiger partial charge is 0.443 e. The fourth-order valence-electron chi connectivity index (χ4n) is 3.25. The Kier molecular flexibility index (Phi) is 5.82. The molecule has 1 saturated heterocycles. The van der Waals surface area contributed by atoms with E-state index in [-0.39, 0.29) is 17.8 Å². The summed E-state index contributed by atoms with van der Waals surface area (Å²) in [5.74, 6) is -0.260. The van der Waals surface area contributed by atoms with Gasteiger partial charge in [-0.1, -0.05) is 19.4 Å². The fraction of sp³-hybridized carbons (Fsp3) is 0.579. The molecule has 0 aliphatic carbocycles. The Morgan fingerprint density at radius 3 is 2.62 bits per heavy atom. The first kappa shape index (κ1) is 18.3. The monoisotopic (exact) mass is 332 g/mol. The van der Waals surface area contributed by atoms with Crippen molar-refractivity contribution < 1.29 is 13.9 Å². The predicted molar refractivity (Wildman–Crippen MR) is 90.1 cm³/mol. The highest BCUT2D eigenvalue weighted by molar-refractivity contribution is 5.68. The van der Waals surface area contributed by atoms with Gasteiger partial charge in [-0.15, -0.1) is 0 Å². The highest BCUT2D eigenvalue weighted by Crippen LogP contribution is 2.31. The molecule has 1 heterocycles. The summed E-state index contributed by atoms with van der Waals surface area (Å²) >= 11 is 0. The van der Waals surface area contributed by atoms with Crippen molar-refractivity contribution in [2.24, 2.45) is 0 Å². The molecule has 0 bridgehead atoms. The van der Waals surface area contributed by atoms with Gasteiger partial charge in [-0.25, -0.2) is 9.18 Å². The third-order valence-corrected chi connectivity index (χ3v) is 4.54. The topological polar surface area (TPSA) is 53.3 Å². The Hall–Kier alpha value is -2.09. The number of rotatable bonds is 4. The van der Waals surface area contributed by atoms with Crippen LogP contribution in [0.15, 0.2) is 18.2 Å². The maximum atomic E-state index is 14.1. The molecule has 1 aromatic rings. The lowest BCUT2D eigenvalue weighted by molar-refractivity contribution is 0.00436. The number of likely N-dealkylation sites (tertiary alicyclic amines) is 1. The second-order valence-electron chi connectivity index (χ2n) is 6.99. The number of hydrogen-bond acceptors (Lipinski definition) is 3. The zero-order valence-corrected chi connectivity index (χ0v) is 14.6. The zero-order valence-electron chi connectivity index (χ0n) is 14.6. The van der Waals surface area contributed by atoms with Crippen LogP contribution in [0.25, 0.3) is 0 Å². The van der Waals surface area contributed by atoms with Crippen LogP contribution in [0.5, 0.6) is 0 Å². The van der Waals surface area contributed by atoms with Crippen molar-refractivity contribution in [2.75, 3.05) is 13.1 Å². The van der Waals surface area contributed by atoms with Crippen LogP contribution in [-0.4, -0.2) is 29.7 Å². The number of carbonyl (C=O) groups excluding carboxylic acids is 1. The molecule has 2 rings (SSSR count). The Morgan fingerprint density at radius 1 is 1.42 bits per heavy atom.